The van der Waals surface area contributed by atoms with E-state index in [2.05, 4.69) is 29.9 Å². The Morgan fingerprint density at radius 1 is 0.778 bits per heavy atom. The quantitative estimate of drug-likeness (QED) is 0.267. The van der Waals surface area contributed by atoms with E-state index in [0.29, 0.717) is 13.2 Å². The molecule has 36 heavy (non-hydrogen) atoms. The molecule has 0 unspecified atom stereocenters. The Labute approximate surface area is 207 Å². The van der Waals surface area contributed by atoms with Crippen LogP contribution in [0.15, 0.2) is 25.0 Å². The largest absolute Gasteiger partial charge is 0.368 e. The molecule has 4 aromatic rings. The van der Waals surface area contributed by atoms with Crippen molar-refractivity contribution in [3.8, 4) is 0 Å². The van der Waals surface area contributed by atoms with Crippen molar-refractivity contribution in [2.45, 2.75) is 51.6 Å². The van der Waals surface area contributed by atoms with Gasteiger partial charge in [-0.3, -0.25) is 4.57 Å². The Bertz CT molecular complexity index is 1320. The summed E-state index contributed by atoms with van der Waals surface area (Å²) in [7, 11) is -2.54. The van der Waals surface area contributed by atoms with Crippen molar-refractivity contribution in [1.82, 2.24) is 39.0 Å². The summed E-state index contributed by atoms with van der Waals surface area (Å²) in [4.78, 5) is 25.3. The molecule has 0 aromatic carbocycles. The monoisotopic (exact) mass is 512 g/mol. The molecule has 0 atom stereocenters. The lowest BCUT2D eigenvalue weighted by Gasteiger charge is -2.17. The number of aromatic nitrogens is 8. The molecule has 4 heterocycles. The van der Waals surface area contributed by atoms with Gasteiger partial charge >= 0.3 is 8.25 Å². The second kappa shape index (κ2) is 9.06. The smallest absolute Gasteiger partial charge is 0.319 e. The molecule has 0 amide bonds. The zero-order valence-electron chi connectivity index (χ0n) is 19.8. The number of imidazole rings is 2. The molecule has 4 N–H and O–H groups in total. The van der Waals surface area contributed by atoms with Crippen LogP contribution >= 0.6 is 8.25 Å². The van der Waals surface area contributed by atoms with E-state index in [-0.39, 0.29) is 22.7 Å². The van der Waals surface area contributed by atoms with E-state index in [1.54, 1.807) is 25.0 Å². The fraction of sp³-hybridized carbons (Fsp3) is 0.545. The van der Waals surface area contributed by atoms with Gasteiger partial charge in [-0.15, -0.1) is 0 Å². The minimum Gasteiger partial charge on any atom is -0.368 e. The van der Waals surface area contributed by atoms with Gasteiger partial charge in [0.1, 0.15) is 11.0 Å². The molecular formula is C22H29N10O3P. The van der Waals surface area contributed by atoms with Gasteiger partial charge in [-0.1, -0.05) is 0 Å². The van der Waals surface area contributed by atoms with Crippen LogP contribution in [0, 0.1) is 10.8 Å². The van der Waals surface area contributed by atoms with Crippen molar-refractivity contribution in [3.05, 3.63) is 25.0 Å². The summed E-state index contributed by atoms with van der Waals surface area (Å²) in [5.74, 6) is 0.469. The van der Waals surface area contributed by atoms with E-state index < -0.39 is 8.25 Å². The lowest BCUT2D eigenvalue weighted by molar-refractivity contribution is 0.190. The van der Waals surface area contributed by atoms with Crippen LogP contribution in [0.3, 0.4) is 0 Å². The van der Waals surface area contributed by atoms with Gasteiger partial charge in [-0.05, 0) is 49.4 Å². The maximum atomic E-state index is 12.4. The molecule has 0 spiro atoms. The average molecular weight is 513 g/mol. The maximum Gasteiger partial charge on any atom is 0.319 e. The Balaban J connectivity index is 0.951. The van der Waals surface area contributed by atoms with Gasteiger partial charge in [0.15, 0.2) is 11.3 Å². The topological polar surface area (TPSA) is 175 Å². The average Bonchev–Trinajstić information content (AvgIpc) is 3.72. The van der Waals surface area contributed by atoms with E-state index >= 15 is 0 Å². The molecule has 0 saturated heterocycles. The summed E-state index contributed by atoms with van der Waals surface area (Å²) < 4.78 is 27.5. The van der Waals surface area contributed by atoms with Crippen LogP contribution in [0.1, 0.15) is 38.5 Å². The normalized spacial score (nSPS) is 17.8. The summed E-state index contributed by atoms with van der Waals surface area (Å²) in [5, 5.41) is 0. The summed E-state index contributed by atoms with van der Waals surface area (Å²) in [6.07, 6.45) is 12.7. The van der Waals surface area contributed by atoms with Crippen molar-refractivity contribution < 1.29 is 13.6 Å². The van der Waals surface area contributed by atoms with Gasteiger partial charge in [0.05, 0.1) is 38.3 Å². The molecular weight excluding hydrogens is 483 g/mol. The van der Waals surface area contributed by atoms with Crippen LogP contribution < -0.4 is 11.5 Å². The highest BCUT2D eigenvalue weighted by Gasteiger charge is 2.44. The molecule has 6 rings (SSSR count). The van der Waals surface area contributed by atoms with Crippen LogP contribution in [-0.2, 0) is 26.7 Å². The van der Waals surface area contributed by atoms with Crippen LogP contribution in [0.5, 0.6) is 0 Å². The first-order valence-electron chi connectivity index (χ1n) is 12.1. The Hall–Kier alpha value is -3.15. The highest BCUT2D eigenvalue weighted by atomic mass is 31.1. The van der Waals surface area contributed by atoms with Gasteiger partial charge < -0.3 is 29.6 Å². The first kappa shape index (κ1) is 23.3. The molecule has 190 valence electrons. The van der Waals surface area contributed by atoms with E-state index in [1.165, 1.54) is 0 Å². The highest BCUT2D eigenvalue weighted by molar-refractivity contribution is 7.33. The molecule has 0 bridgehead atoms. The molecule has 2 aliphatic rings. The van der Waals surface area contributed by atoms with E-state index in [0.717, 1.165) is 73.9 Å². The molecule has 0 radical (unpaired) electrons. The van der Waals surface area contributed by atoms with E-state index in [9.17, 15) is 4.57 Å². The fourth-order valence-corrected chi connectivity index (χ4v) is 5.38. The fourth-order valence-electron chi connectivity index (χ4n) is 4.76. The molecule has 4 aromatic heterocycles. The Kier molecular flexibility index (Phi) is 5.85. The summed E-state index contributed by atoms with van der Waals surface area (Å²) in [6.45, 7) is 2.34. The van der Waals surface area contributed by atoms with Crippen molar-refractivity contribution >= 4 is 42.5 Å². The van der Waals surface area contributed by atoms with Crippen LogP contribution in [-0.4, -0.2) is 52.3 Å². The van der Waals surface area contributed by atoms with Gasteiger partial charge in [-0.25, -0.2) is 19.9 Å². The second-order valence-corrected chi connectivity index (χ2v) is 11.1. The van der Waals surface area contributed by atoms with Gasteiger partial charge in [0.2, 0.25) is 11.9 Å². The van der Waals surface area contributed by atoms with Crippen molar-refractivity contribution in [1.29, 1.82) is 0 Å². The first-order valence-corrected chi connectivity index (χ1v) is 13.3. The molecule has 14 heteroatoms. The first-order chi connectivity index (χ1) is 17.4. The Morgan fingerprint density at radius 2 is 1.22 bits per heavy atom. The highest BCUT2D eigenvalue weighted by Crippen LogP contribution is 2.52. The summed E-state index contributed by atoms with van der Waals surface area (Å²) in [6, 6.07) is 0. The SMILES string of the molecule is Nc1ncc2ncn(CC3(CCO[PH](=O)OCCC4(Cn5cnc6cnc(N)nc65)CC4)CC3)c2n1. The van der Waals surface area contributed by atoms with Crippen molar-refractivity contribution in [2.75, 3.05) is 24.7 Å². The predicted octanol–water partition coefficient (Wildman–Crippen LogP) is 2.59. The van der Waals surface area contributed by atoms with E-state index in [1.807, 2.05) is 9.13 Å². The molecule has 2 aliphatic carbocycles. The van der Waals surface area contributed by atoms with Crippen LogP contribution in [0.2, 0.25) is 0 Å². The molecule has 13 nitrogen and oxygen atoms in total. The third-order valence-electron chi connectivity index (χ3n) is 7.38. The number of hydrogen-bond acceptors (Lipinski definition) is 11. The maximum absolute atomic E-state index is 12.4. The molecule has 0 aliphatic heterocycles. The number of nitrogens with two attached hydrogens (primary N) is 2. The number of fused-ring (bicyclic) bond motifs is 2. The zero-order valence-corrected chi connectivity index (χ0v) is 20.8. The second-order valence-electron chi connectivity index (χ2n) is 10.1. The summed E-state index contributed by atoms with van der Waals surface area (Å²) >= 11 is 0. The third kappa shape index (κ3) is 4.91. The summed E-state index contributed by atoms with van der Waals surface area (Å²) in [5.41, 5.74) is 14.6. The van der Waals surface area contributed by atoms with Crippen LogP contribution in [0.4, 0.5) is 11.9 Å². The zero-order chi connectivity index (χ0) is 24.8. The standard InChI is InChI=1S/C22H29N10O3P/c23-19-25-9-15-17(29-19)31(13-27-15)11-21(1-2-21)5-7-34-36(33)35-8-6-22(3-4-22)12-32-14-28-16-10-26-20(24)30-18(16)32/h9-10,13-14,36H,1-8,11-12H2,(H2,23,25,29)(H2,24,26,30). The Morgan fingerprint density at radius 3 is 1.64 bits per heavy atom. The van der Waals surface area contributed by atoms with Crippen molar-refractivity contribution in [2.24, 2.45) is 10.8 Å². The predicted molar refractivity (Wildman–Crippen MR) is 133 cm³/mol. The minimum absolute atomic E-state index is 0.105. The molecule has 2 fully saturated rings. The van der Waals surface area contributed by atoms with Crippen LogP contribution in [0.25, 0.3) is 22.3 Å². The lowest BCUT2D eigenvalue weighted by Crippen LogP contribution is -2.14. The number of anilines is 2. The van der Waals surface area contributed by atoms with Gasteiger partial charge in [0.25, 0.3) is 0 Å². The van der Waals surface area contributed by atoms with Crippen molar-refractivity contribution in [3.63, 3.8) is 0 Å². The number of nitrogens with zero attached hydrogens (tertiary/aromatic N) is 8. The third-order valence-corrected chi connectivity index (χ3v) is 8.26. The lowest BCUT2D eigenvalue weighted by atomic mass is 10.0. The van der Waals surface area contributed by atoms with Gasteiger partial charge in [0, 0.05) is 13.1 Å². The van der Waals surface area contributed by atoms with Gasteiger partial charge in [-0.2, -0.15) is 9.97 Å². The molecule has 2 saturated carbocycles. The number of nitrogen functional groups attached to an aromatic ring is 2. The number of rotatable bonds is 12. The number of hydrogen-bond donors (Lipinski definition) is 2. The van der Waals surface area contributed by atoms with E-state index in [4.69, 9.17) is 20.5 Å². The minimum atomic E-state index is -2.54.